The second kappa shape index (κ2) is 5.28. The molecule has 0 aliphatic rings. The summed E-state index contributed by atoms with van der Waals surface area (Å²) in [5.41, 5.74) is 6.83. The van der Waals surface area contributed by atoms with Gasteiger partial charge in [0, 0.05) is 23.4 Å². The van der Waals surface area contributed by atoms with E-state index in [1.807, 2.05) is 0 Å². The normalized spacial score (nSPS) is 10.3. The predicted octanol–water partition coefficient (Wildman–Crippen LogP) is 3.34. The number of carbonyl (C=O) groups is 1. The molecule has 0 aliphatic carbocycles. The van der Waals surface area contributed by atoms with E-state index in [0.29, 0.717) is 22.0 Å². The first-order valence-electron chi connectivity index (χ1n) is 5.57. The van der Waals surface area contributed by atoms with Gasteiger partial charge in [0.15, 0.2) is 0 Å². The van der Waals surface area contributed by atoms with Crippen LogP contribution in [0.4, 0.5) is 15.8 Å². The summed E-state index contributed by atoms with van der Waals surface area (Å²) in [6.45, 7) is 0. The average molecular weight is 279 g/mol. The summed E-state index contributed by atoms with van der Waals surface area (Å²) in [7, 11) is 1.55. The molecular formula is C14H12ClFN2O. The monoisotopic (exact) mass is 278 g/mol. The van der Waals surface area contributed by atoms with Crippen LogP contribution in [0, 0.1) is 5.82 Å². The first-order chi connectivity index (χ1) is 8.99. The molecule has 5 heteroatoms. The Bertz CT molecular complexity index is 631. The average Bonchev–Trinajstić information content (AvgIpc) is 2.40. The van der Waals surface area contributed by atoms with Crippen molar-refractivity contribution in [3.05, 3.63) is 58.9 Å². The van der Waals surface area contributed by atoms with E-state index in [9.17, 15) is 9.18 Å². The molecule has 0 saturated carbocycles. The molecule has 0 radical (unpaired) electrons. The van der Waals surface area contributed by atoms with Gasteiger partial charge in [0.25, 0.3) is 5.91 Å². The van der Waals surface area contributed by atoms with Crippen LogP contribution in [0.15, 0.2) is 42.5 Å². The van der Waals surface area contributed by atoms with E-state index < -0.39 is 5.82 Å². The molecular weight excluding hydrogens is 267 g/mol. The highest BCUT2D eigenvalue weighted by atomic mass is 35.5. The van der Waals surface area contributed by atoms with Crippen LogP contribution in [-0.4, -0.2) is 13.0 Å². The number of rotatable bonds is 2. The van der Waals surface area contributed by atoms with Crippen molar-refractivity contribution in [1.29, 1.82) is 0 Å². The third-order valence-electron chi connectivity index (χ3n) is 2.75. The standard InChI is InChI=1S/C14H12ClFN2O/c1-18(11-4-2-3-10(16)8-11)14(19)12-7-9(15)5-6-13(12)17/h2-8H,17H2,1H3. The van der Waals surface area contributed by atoms with Crippen molar-refractivity contribution >= 4 is 28.9 Å². The number of benzene rings is 2. The third kappa shape index (κ3) is 2.85. The SMILES string of the molecule is CN(C(=O)c1cc(Cl)ccc1N)c1cccc(F)c1. The highest BCUT2D eigenvalue weighted by molar-refractivity contribution is 6.31. The lowest BCUT2D eigenvalue weighted by Gasteiger charge is -2.18. The number of carbonyl (C=O) groups excluding carboxylic acids is 1. The lowest BCUT2D eigenvalue weighted by molar-refractivity contribution is 0.0994. The van der Waals surface area contributed by atoms with Gasteiger partial charge in [-0.3, -0.25) is 4.79 Å². The van der Waals surface area contributed by atoms with Gasteiger partial charge >= 0.3 is 0 Å². The Morgan fingerprint density at radius 3 is 2.68 bits per heavy atom. The number of anilines is 2. The van der Waals surface area contributed by atoms with Crippen LogP contribution >= 0.6 is 11.6 Å². The number of hydrogen-bond donors (Lipinski definition) is 1. The van der Waals surface area contributed by atoms with Crippen LogP contribution in [0.2, 0.25) is 5.02 Å². The molecule has 98 valence electrons. The van der Waals surface area contributed by atoms with Gasteiger partial charge in [-0.1, -0.05) is 17.7 Å². The summed E-state index contributed by atoms with van der Waals surface area (Å²) in [6, 6.07) is 10.4. The minimum absolute atomic E-state index is 0.291. The number of halogens is 2. The lowest BCUT2D eigenvalue weighted by atomic mass is 10.1. The molecule has 3 nitrogen and oxygen atoms in total. The number of nitrogens with two attached hydrogens (primary N) is 1. The summed E-state index contributed by atoms with van der Waals surface area (Å²) >= 11 is 5.85. The van der Waals surface area contributed by atoms with Crippen LogP contribution < -0.4 is 10.6 Å². The van der Waals surface area contributed by atoms with Gasteiger partial charge in [-0.15, -0.1) is 0 Å². The molecule has 2 aromatic carbocycles. The molecule has 1 amide bonds. The molecule has 0 fully saturated rings. The maximum Gasteiger partial charge on any atom is 0.260 e. The predicted molar refractivity (Wildman–Crippen MR) is 75.0 cm³/mol. The van der Waals surface area contributed by atoms with Crippen molar-refractivity contribution in [3.8, 4) is 0 Å². The first-order valence-corrected chi connectivity index (χ1v) is 5.95. The van der Waals surface area contributed by atoms with Gasteiger partial charge in [-0.2, -0.15) is 0 Å². The maximum atomic E-state index is 13.2. The largest absolute Gasteiger partial charge is 0.398 e. The Labute approximate surface area is 115 Å². The van der Waals surface area contributed by atoms with Crippen LogP contribution in [0.5, 0.6) is 0 Å². The molecule has 2 N–H and O–H groups in total. The van der Waals surface area contributed by atoms with E-state index in [1.165, 1.54) is 29.2 Å². The van der Waals surface area contributed by atoms with Crippen molar-refractivity contribution in [2.75, 3.05) is 17.7 Å². The molecule has 19 heavy (non-hydrogen) atoms. The molecule has 0 aromatic heterocycles. The molecule has 0 unspecified atom stereocenters. The Morgan fingerprint density at radius 2 is 2.00 bits per heavy atom. The Balaban J connectivity index is 2.36. The zero-order valence-electron chi connectivity index (χ0n) is 10.2. The highest BCUT2D eigenvalue weighted by Crippen LogP contribution is 2.22. The van der Waals surface area contributed by atoms with Crippen molar-refractivity contribution in [3.63, 3.8) is 0 Å². The van der Waals surface area contributed by atoms with Gasteiger partial charge in [0.2, 0.25) is 0 Å². The van der Waals surface area contributed by atoms with E-state index in [0.717, 1.165) is 0 Å². The highest BCUT2D eigenvalue weighted by Gasteiger charge is 2.16. The van der Waals surface area contributed by atoms with Crippen LogP contribution in [0.25, 0.3) is 0 Å². The molecule has 0 spiro atoms. The van der Waals surface area contributed by atoms with Crippen LogP contribution in [0.3, 0.4) is 0 Å². The molecule has 0 heterocycles. The summed E-state index contributed by atoms with van der Waals surface area (Å²) in [4.78, 5) is 13.6. The van der Waals surface area contributed by atoms with Gasteiger partial charge in [-0.25, -0.2) is 4.39 Å². The summed E-state index contributed by atoms with van der Waals surface area (Å²) in [5.74, 6) is -0.748. The Morgan fingerprint density at radius 1 is 1.26 bits per heavy atom. The maximum absolute atomic E-state index is 13.2. The van der Waals surface area contributed by atoms with E-state index in [-0.39, 0.29) is 5.91 Å². The number of amides is 1. The number of nitrogens with zero attached hydrogens (tertiary/aromatic N) is 1. The minimum atomic E-state index is -0.406. The fourth-order valence-electron chi connectivity index (χ4n) is 1.70. The lowest BCUT2D eigenvalue weighted by Crippen LogP contribution is -2.27. The van der Waals surface area contributed by atoms with E-state index in [1.54, 1.807) is 25.2 Å². The summed E-state index contributed by atoms with van der Waals surface area (Å²) < 4.78 is 13.2. The van der Waals surface area contributed by atoms with Gasteiger partial charge in [0.1, 0.15) is 5.82 Å². The van der Waals surface area contributed by atoms with Crippen molar-refractivity contribution in [2.24, 2.45) is 0 Å². The molecule has 2 aromatic rings. The molecule has 0 bridgehead atoms. The molecule has 2 rings (SSSR count). The topological polar surface area (TPSA) is 46.3 Å². The zero-order chi connectivity index (χ0) is 14.0. The second-order valence-electron chi connectivity index (χ2n) is 4.08. The summed E-state index contributed by atoms with van der Waals surface area (Å²) in [5, 5.41) is 0.421. The second-order valence-corrected chi connectivity index (χ2v) is 4.51. The fourth-order valence-corrected chi connectivity index (χ4v) is 1.87. The zero-order valence-corrected chi connectivity index (χ0v) is 11.0. The third-order valence-corrected chi connectivity index (χ3v) is 2.98. The fraction of sp³-hybridized carbons (Fsp3) is 0.0714. The molecule has 0 aliphatic heterocycles. The van der Waals surface area contributed by atoms with Gasteiger partial charge < -0.3 is 10.6 Å². The minimum Gasteiger partial charge on any atom is -0.398 e. The summed E-state index contributed by atoms with van der Waals surface area (Å²) in [6.07, 6.45) is 0. The van der Waals surface area contributed by atoms with Gasteiger partial charge in [-0.05, 0) is 36.4 Å². The van der Waals surface area contributed by atoms with Crippen molar-refractivity contribution in [2.45, 2.75) is 0 Å². The van der Waals surface area contributed by atoms with E-state index in [4.69, 9.17) is 17.3 Å². The smallest absolute Gasteiger partial charge is 0.260 e. The van der Waals surface area contributed by atoms with Crippen molar-refractivity contribution in [1.82, 2.24) is 0 Å². The van der Waals surface area contributed by atoms with Crippen molar-refractivity contribution < 1.29 is 9.18 Å². The molecule has 0 saturated heterocycles. The van der Waals surface area contributed by atoms with E-state index in [2.05, 4.69) is 0 Å². The number of nitrogen functional groups attached to an aromatic ring is 1. The Kier molecular flexibility index (Phi) is 3.71. The Hall–Kier alpha value is -2.07. The molecule has 0 atom stereocenters. The quantitative estimate of drug-likeness (QED) is 0.857. The van der Waals surface area contributed by atoms with Crippen LogP contribution in [-0.2, 0) is 0 Å². The number of hydrogen-bond acceptors (Lipinski definition) is 2. The van der Waals surface area contributed by atoms with Crippen LogP contribution in [0.1, 0.15) is 10.4 Å². The van der Waals surface area contributed by atoms with E-state index >= 15 is 0 Å². The van der Waals surface area contributed by atoms with Gasteiger partial charge in [0.05, 0.1) is 5.56 Å². The first kappa shape index (κ1) is 13.4.